The third kappa shape index (κ3) is 4.82. The van der Waals surface area contributed by atoms with Gasteiger partial charge >= 0.3 is 5.97 Å². The highest BCUT2D eigenvalue weighted by atomic mass is 16.5. The molecular formula is C24H24N6O3. The lowest BCUT2D eigenvalue weighted by atomic mass is 10.2. The lowest BCUT2D eigenvalue weighted by molar-refractivity contribution is 0.0600. The van der Waals surface area contributed by atoms with Gasteiger partial charge < -0.3 is 10.1 Å². The average molecular weight is 444 g/mol. The molecule has 33 heavy (non-hydrogen) atoms. The van der Waals surface area contributed by atoms with Crippen LogP contribution in [0.3, 0.4) is 0 Å². The van der Waals surface area contributed by atoms with Gasteiger partial charge in [-0.2, -0.15) is 0 Å². The molecule has 1 N–H and O–H groups in total. The zero-order valence-corrected chi connectivity index (χ0v) is 18.3. The van der Waals surface area contributed by atoms with Crippen molar-refractivity contribution in [3.05, 3.63) is 70.5 Å². The molecule has 168 valence electrons. The molecule has 9 nitrogen and oxygen atoms in total. The van der Waals surface area contributed by atoms with Crippen LogP contribution in [-0.2, 0) is 4.74 Å². The average Bonchev–Trinajstić information content (AvgIpc) is 3.60. The first-order valence-electron chi connectivity index (χ1n) is 11.0. The van der Waals surface area contributed by atoms with Crippen molar-refractivity contribution in [1.82, 2.24) is 19.5 Å². The molecule has 2 aliphatic rings. The second kappa shape index (κ2) is 8.93. The van der Waals surface area contributed by atoms with Gasteiger partial charge in [0, 0.05) is 42.8 Å². The summed E-state index contributed by atoms with van der Waals surface area (Å²) in [5.74, 6) is 1.39. The van der Waals surface area contributed by atoms with Gasteiger partial charge in [-0.1, -0.05) is 0 Å². The van der Waals surface area contributed by atoms with E-state index in [1.165, 1.54) is 48.4 Å². The minimum absolute atomic E-state index is 0.245. The van der Waals surface area contributed by atoms with Gasteiger partial charge in [0.15, 0.2) is 5.82 Å². The molecule has 0 spiro atoms. The summed E-state index contributed by atoms with van der Waals surface area (Å²) in [6.45, 7) is 0. The highest BCUT2D eigenvalue weighted by Gasteiger charge is 2.25. The molecule has 9 heteroatoms. The van der Waals surface area contributed by atoms with Crippen LogP contribution in [-0.4, -0.2) is 44.4 Å². The molecule has 0 saturated heterocycles. The zero-order valence-electron chi connectivity index (χ0n) is 18.3. The number of hydrogen-bond acceptors (Lipinski definition) is 8. The second-order valence-corrected chi connectivity index (χ2v) is 8.37. The lowest BCUT2D eigenvalue weighted by Crippen LogP contribution is -2.19. The number of hydrogen-bond donors (Lipinski definition) is 1. The highest BCUT2D eigenvalue weighted by molar-refractivity contribution is 5.89. The first-order chi connectivity index (χ1) is 16.1. The number of rotatable bonds is 6. The lowest BCUT2D eigenvalue weighted by Gasteiger charge is -2.11. The summed E-state index contributed by atoms with van der Waals surface area (Å²) in [5, 5.41) is 3.40. The predicted molar refractivity (Wildman–Crippen MR) is 124 cm³/mol. The number of carbonyl (C=O) groups is 1. The monoisotopic (exact) mass is 444 g/mol. The minimum Gasteiger partial charge on any atom is -0.465 e. The van der Waals surface area contributed by atoms with E-state index < -0.39 is 5.97 Å². The first kappa shape index (κ1) is 21.0. The SMILES string of the molecule is COC(=O)c1ccc(=O)n(-c2ccc(N=C3CC[C@H](Nc4ncc(C5CC5)cn4)C3)nc2)c1. The molecule has 3 heterocycles. The number of methoxy groups -OCH3 is 1. The molecule has 2 saturated carbocycles. The van der Waals surface area contributed by atoms with E-state index in [1.54, 1.807) is 18.3 Å². The molecule has 0 amide bonds. The number of carbonyl (C=O) groups excluding carboxylic acids is 1. The van der Waals surface area contributed by atoms with E-state index in [-0.39, 0.29) is 17.2 Å². The van der Waals surface area contributed by atoms with Gasteiger partial charge in [0.2, 0.25) is 5.95 Å². The van der Waals surface area contributed by atoms with Gasteiger partial charge in [0.1, 0.15) is 0 Å². The Hall–Kier alpha value is -3.88. The molecule has 2 aliphatic carbocycles. The number of ether oxygens (including phenoxy) is 1. The molecule has 0 aliphatic heterocycles. The van der Waals surface area contributed by atoms with Crippen LogP contribution in [0.15, 0.2) is 58.8 Å². The van der Waals surface area contributed by atoms with Crippen LogP contribution in [0.5, 0.6) is 0 Å². The van der Waals surface area contributed by atoms with E-state index in [2.05, 4.69) is 25.3 Å². The van der Waals surface area contributed by atoms with Crippen LogP contribution in [0.4, 0.5) is 11.8 Å². The van der Waals surface area contributed by atoms with Crippen LogP contribution >= 0.6 is 0 Å². The fourth-order valence-electron chi connectivity index (χ4n) is 3.95. The zero-order chi connectivity index (χ0) is 22.8. The van der Waals surface area contributed by atoms with Crippen molar-refractivity contribution >= 4 is 23.4 Å². The Balaban J connectivity index is 1.24. The van der Waals surface area contributed by atoms with E-state index in [0.717, 1.165) is 25.0 Å². The van der Waals surface area contributed by atoms with E-state index in [1.807, 2.05) is 12.4 Å². The van der Waals surface area contributed by atoms with Crippen molar-refractivity contribution < 1.29 is 9.53 Å². The molecule has 0 radical (unpaired) electrons. The highest BCUT2D eigenvalue weighted by Crippen LogP contribution is 2.39. The molecule has 3 aromatic rings. The van der Waals surface area contributed by atoms with Crippen LogP contribution in [0.2, 0.25) is 0 Å². The molecule has 0 unspecified atom stereocenters. The number of aliphatic imine (C=N–C) groups is 1. The smallest absolute Gasteiger partial charge is 0.339 e. The molecule has 5 rings (SSSR count). The summed E-state index contributed by atoms with van der Waals surface area (Å²) in [7, 11) is 1.30. The van der Waals surface area contributed by atoms with Crippen LogP contribution in [0.1, 0.15) is 53.9 Å². The van der Waals surface area contributed by atoms with E-state index in [0.29, 0.717) is 23.4 Å². The first-order valence-corrected chi connectivity index (χ1v) is 11.0. The minimum atomic E-state index is -0.506. The summed E-state index contributed by atoms with van der Waals surface area (Å²) < 4.78 is 6.08. The third-order valence-electron chi connectivity index (χ3n) is 5.93. The maximum absolute atomic E-state index is 12.2. The topological polar surface area (TPSA) is 111 Å². The molecule has 0 bridgehead atoms. The molecule has 3 aromatic heterocycles. The molecular weight excluding hydrogens is 420 g/mol. The summed E-state index contributed by atoms with van der Waals surface area (Å²) >= 11 is 0. The summed E-state index contributed by atoms with van der Waals surface area (Å²) in [4.78, 5) is 41.9. The Morgan fingerprint density at radius 3 is 2.61 bits per heavy atom. The standard InChI is InChI=1S/C24H24N6O3/c1-33-23(32)16-4-9-22(31)30(14-16)20-7-8-21(25-13-20)28-18-5-6-19(10-18)29-24-26-11-17(12-27-24)15-2-3-15/h4,7-9,11-15,19H,2-3,5-6,10H2,1H3,(H,26,27,29)/t19-/m0/s1. The number of nitrogens with zero attached hydrogens (tertiary/aromatic N) is 5. The molecule has 1 atom stereocenters. The second-order valence-electron chi connectivity index (χ2n) is 8.37. The maximum Gasteiger partial charge on any atom is 0.339 e. The van der Waals surface area contributed by atoms with Crippen LogP contribution in [0, 0.1) is 0 Å². The fourth-order valence-corrected chi connectivity index (χ4v) is 3.95. The molecule has 0 aromatic carbocycles. The number of nitrogens with one attached hydrogen (secondary N) is 1. The van der Waals surface area contributed by atoms with Crippen LogP contribution in [0.25, 0.3) is 5.69 Å². The van der Waals surface area contributed by atoms with Gasteiger partial charge in [-0.25, -0.2) is 24.7 Å². The Bertz CT molecular complexity index is 1250. The van der Waals surface area contributed by atoms with E-state index in [9.17, 15) is 9.59 Å². The normalized spacial score (nSPS) is 18.9. The van der Waals surface area contributed by atoms with Crippen molar-refractivity contribution in [3.63, 3.8) is 0 Å². The third-order valence-corrected chi connectivity index (χ3v) is 5.93. The van der Waals surface area contributed by atoms with Crippen LogP contribution < -0.4 is 10.9 Å². The van der Waals surface area contributed by atoms with E-state index in [4.69, 9.17) is 4.74 Å². The molecule has 2 fully saturated rings. The van der Waals surface area contributed by atoms with Gasteiger partial charge in [-0.05, 0) is 55.4 Å². The van der Waals surface area contributed by atoms with Crippen molar-refractivity contribution in [2.24, 2.45) is 4.99 Å². The Morgan fingerprint density at radius 1 is 1.09 bits per heavy atom. The van der Waals surface area contributed by atoms with Gasteiger partial charge in [0.25, 0.3) is 5.56 Å². The quantitative estimate of drug-likeness (QED) is 0.580. The number of pyridine rings is 2. The van der Waals surface area contributed by atoms with Gasteiger partial charge in [0.05, 0.1) is 24.6 Å². The van der Waals surface area contributed by atoms with E-state index >= 15 is 0 Å². The van der Waals surface area contributed by atoms with Crippen molar-refractivity contribution in [2.45, 2.75) is 44.1 Å². The number of esters is 1. The van der Waals surface area contributed by atoms with Gasteiger partial charge in [-0.3, -0.25) is 9.36 Å². The summed E-state index contributed by atoms with van der Waals surface area (Å²) in [6, 6.07) is 6.54. The fraction of sp³-hybridized carbons (Fsp3) is 0.333. The predicted octanol–water partition coefficient (Wildman–Crippen LogP) is 3.42. The number of anilines is 1. The summed E-state index contributed by atoms with van der Waals surface area (Å²) in [6.07, 6.45) is 12.0. The maximum atomic E-state index is 12.2. The number of aromatic nitrogens is 4. The Labute approximate surface area is 190 Å². The Kier molecular flexibility index (Phi) is 5.68. The van der Waals surface area contributed by atoms with Gasteiger partial charge in [-0.15, -0.1) is 0 Å². The van der Waals surface area contributed by atoms with Crippen molar-refractivity contribution in [2.75, 3.05) is 12.4 Å². The Morgan fingerprint density at radius 2 is 1.91 bits per heavy atom. The van der Waals surface area contributed by atoms with Crippen molar-refractivity contribution in [3.8, 4) is 5.69 Å². The summed E-state index contributed by atoms with van der Waals surface area (Å²) in [5.41, 5.74) is 2.86. The largest absolute Gasteiger partial charge is 0.465 e. The van der Waals surface area contributed by atoms with Crippen molar-refractivity contribution in [1.29, 1.82) is 0 Å².